The maximum Gasteiger partial charge on any atom is 0.255 e. The average Bonchev–Trinajstić information content (AvgIpc) is 2.63. The van der Waals surface area contributed by atoms with Crippen LogP contribution >= 0.6 is 0 Å². The molecule has 0 aromatic carbocycles. The summed E-state index contributed by atoms with van der Waals surface area (Å²) in [5.41, 5.74) is 4.54. The van der Waals surface area contributed by atoms with Gasteiger partial charge in [-0.25, -0.2) is 15.0 Å². The van der Waals surface area contributed by atoms with Gasteiger partial charge < -0.3 is 4.98 Å². The Labute approximate surface area is 144 Å². The molecule has 3 aromatic rings. The summed E-state index contributed by atoms with van der Waals surface area (Å²) in [6.07, 6.45) is 9.23. The molecule has 126 valence electrons. The molecule has 0 saturated heterocycles. The summed E-state index contributed by atoms with van der Waals surface area (Å²) in [6.45, 7) is 4.27. The van der Waals surface area contributed by atoms with E-state index in [-0.39, 0.29) is 5.56 Å². The average molecular weight is 334 g/mol. The van der Waals surface area contributed by atoms with E-state index in [4.69, 9.17) is 0 Å². The van der Waals surface area contributed by atoms with E-state index in [0.29, 0.717) is 12.4 Å². The number of aromatic amines is 1. The summed E-state index contributed by atoms with van der Waals surface area (Å²) in [7, 11) is 0. The Morgan fingerprint density at radius 2 is 2.00 bits per heavy atom. The van der Waals surface area contributed by atoms with Gasteiger partial charge in [0.2, 0.25) is 0 Å². The van der Waals surface area contributed by atoms with Gasteiger partial charge in [-0.1, -0.05) is 6.07 Å². The first-order chi connectivity index (χ1) is 12.2. The van der Waals surface area contributed by atoms with Crippen molar-refractivity contribution < 1.29 is 0 Å². The van der Waals surface area contributed by atoms with E-state index in [0.717, 1.165) is 47.5 Å². The van der Waals surface area contributed by atoms with Gasteiger partial charge in [-0.05, 0) is 18.1 Å². The Kier molecular flexibility index (Phi) is 4.07. The molecule has 4 rings (SSSR count). The summed E-state index contributed by atoms with van der Waals surface area (Å²) in [5, 5.41) is 0. The normalized spacial score (nSPS) is 14.3. The topological polar surface area (TPSA) is 87.7 Å². The first-order valence-electron chi connectivity index (χ1n) is 8.19. The lowest BCUT2D eigenvalue weighted by molar-refractivity contribution is 0.241. The van der Waals surface area contributed by atoms with E-state index in [1.54, 1.807) is 12.4 Å². The predicted molar refractivity (Wildman–Crippen MR) is 92.7 cm³/mol. The fraction of sp³-hybridized carbons (Fsp3) is 0.278. The van der Waals surface area contributed by atoms with Crippen molar-refractivity contribution in [3.8, 4) is 11.4 Å². The summed E-state index contributed by atoms with van der Waals surface area (Å²) < 4.78 is 0. The van der Waals surface area contributed by atoms with Crippen molar-refractivity contribution in [3.63, 3.8) is 0 Å². The van der Waals surface area contributed by atoms with Crippen LogP contribution in [-0.4, -0.2) is 36.4 Å². The maximum absolute atomic E-state index is 12.5. The second-order valence-electron chi connectivity index (χ2n) is 6.30. The molecule has 0 atom stereocenters. The highest BCUT2D eigenvalue weighted by atomic mass is 16.1. The fourth-order valence-electron chi connectivity index (χ4n) is 3.14. The fourth-order valence-corrected chi connectivity index (χ4v) is 3.14. The molecule has 1 aliphatic rings. The summed E-state index contributed by atoms with van der Waals surface area (Å²) >= 11 is 0. The Bertz CT molecular complexity index is 953. The molecule has 4 heterocycles. The molecule has 0 amide bonds. The van der Waals surface area contributed by atoms with Crippen molar-refractivity contribution in [2.24, 2.45) is 0 Å². The second kappa shape index (κ2) is 6.52. The largest absolute Gasteiger partial charge is 0.306 e. The van der Waals surface area contributed by atoms with E-state index < -0.39 is 0 Å². The summed E-state index contributed by atoms with van der Waals surface area (Å²) in [4.78, 5) is 34.5. The minimum atomic E-state index is -0.0871. The Balaban J connectivity index is 1.58. The number of H-pyrrole nitrogens is 1. The molecule has 0 fully saturated rings. The van der Waals surface area contributed by atoms with Crippen molar-refractivity contribution in [2.45, 2.75) is 26.4 Å². The third kappa shape index (κ3) is 3.32. The molecule has 1 aliphatic heterocycles. The molecule has 0 aliphatic carbocycles. The quantitative estimate of drug-likeness (QED) is 0.781. The molecule has 3 aromatic heterocycles. The van der Waals surface area contributed by atoms with Crippen molar-refractivity contribution in [3.05, 3.63) is 69.9 Å². The zero-order valence-corrected chi connectivity index (χ0v) is 13.9. The molecule has 0 saturated carbocycles. The highest BCUT2D eigenvalue weighted by molar-refractivity contribution is 5.52. The summed E-state index contributed by atoms with van der Waals surface area (Å²) in [6, 6.07) is 2.13. The molecule has 7 nitrogen and oxygen atoms in total. The van der Waals surface area contributed by atoms with Gasteiger partial charge in [-0.2, -0.15) is 0 Å². The molecule has 0 radical (unpaired) electrons. The van der Waals surface area contributed by atoms with Crippen LogP contribution in [0.2, 0.25) is 0 Å². The van der Waals surface area contributed by atoms with Gasteiger partial charge in [0.25, 0.3) is 5.56 Å². The third-order valence-corrected chi connectivity index (χ3v) is 4.32. The van der Waals surface area contributed by atoms with Crippen LogP contribution in [0.25, 0.3) is 11.4 Å². The highest BCUT2D eigenvalue weighted by Crippen LogP contribution is 2.19. The van der Waals surface area contributed by atoms with Gasteiger partial charge in [0.05, 0.1) is 16.8 Å². The molecule has 7 heteroatoms. The van der Waals surface area contributed by atoms with Crippen LogP contribution in [0, 0.1) is 6.92 Å². The molecule has 1 N–H and O–H groups in total. The van der Waals surface area contributed by atoms with E-state index in [9.17, 15) is 4.79 Å². The SMILES string of the molecule is Cc1cncc(CN2CCc3nc(-c4cncnc4)[nH]c(=O)c3C2)c1. The first-order valence-corrected chi connectivity index (χ1v) is 8.19. The van der Waals surface area contributed by atoms with E-state index >= 15 is 0 Å². The Hall–Kier alpha value is -2.93. The van der Waals surface area contributed by atoms with Gasteiger partial charge in [-0.15, -0.1) is 0 Å². The van der Waals surface area contributed by atoms with Crippen LogP contribution in [0.3, 0.4) is 0 Å². The van der Waals surface area contributed by atoms with Gasteiger partial charge in [-0.3, -0.25) is 14.7 Å². The Morgan fingerprint density at radius 3 is 2.80 bits per heavy atom. The van der Waals surface area contributed by atoms with E-state index in [1.165, 1.54) is 6.33 Å². The number of pyridine rings is 1. The van der Waals surface area contributed by atoms with E-state index in [2.05, 4.69) is 35.9 Å². The van der Waals surface area contributed by atoms with Crippen LogP contribution in [0.5, 0.6) is 0 Å². The zero-order chi connectivity index (χ0) is 17.2. The zero-order valence-electron chi connectivity index (χ0n) is 13.9. The van der Waals surface area contributed by atoms with Crippen LogP contribution in [0.4, 0.5) is 0 Å². The standard InChI is InChI=1S/C18H18N6O/c1-12-4-13(6-19-5-12)9-24-3-2-16-15(10-24)18(25)23-17(22-16)14-7-20-11-21-8-14/h4-8,11H,2-3,9-10H2,1H3,(H,22,23,25). The van der Waals surface area contributed by atoms with Crippen LogP contribution in [0.15, 0.2) is 42.0 Å². The number of hydrogen-bond donors (Lipinski definition) is 1. The van der Waals surface area contributed by atoms with E-state index in [1.807, 2.05) is 19.3 Å². The predicted octanol–water partition coefficient (Wildman–Crippen LogP) is 1.49. The Morgan fingerprint density at radius 1 is 1.16 bits per heavy atom. The molecule has 0 unspecified atom stereocenters. The number of fused-ring (bicyclic) bond motifs is 1. The first kappa shape index (κ1) is 15.6. The minimum absolute atomic E-state index is 0.0871. The summed E-state index contributed by atoms with van der Waals surface area (Å²) in [5.74, 6) is 0.528. The number of hydrogen-bond acceptors (Lipinski definition) is 6. The molecule has 25 heavy (non-hydrogen) atoms. The maximum atomic E-state index is 12.5. The van der Waals surface area contributed by atoms with Gasteiger partial charge in [0.15, 0.2) is 0 Å². The number of nitrogens with one attached hydrogen (secondary N) is 1. The van der Waals surface area contributed by atoms with Crippen molar-refractivity contribution in [1.82, 2.24) is 29.8 Å². The number of aryl methyl sites for hydroxylation is 1. The molecule has 0 bridgehead atoms. The number of nitrogens with zero attached hydrogens (tertiary/aromatic N) is 5. The third-order valence-electron chi connectivity index (χ3n) is 4.32. The molecule has 0 spiro atoms. The van der Waals surface area contributed by atoms with Crippen LogP contribution in [-0.2, 0) is 19.5 Å². The lowest BCUT2D eigenvalue weighted by Crippen LogP contribution is -2.35. The minimum Gasteiger partial charge on any atom is -0.306 e. The van der Waals surface area contributed by atoms with Crippen molar-refractivity contribution >= 4 is 0 Å². The lowest BCUT2D eigenvalue weighted by Gasteiger charge is -2.27. The lowest BCUT2D eigenvalue weighted by atomic mass is 10.1. The number of aromatic nitrogens is 5. The number of rotatable bonds is 3. The van der Waals surface area contributed by atoms with Crippen LogP contribution < -0.4 is 5.56 Å². The highest BCUT2D eigenvalue weighted by Gasteiger charge is 2.21. The molecular weight excluding hydrogens is 316 g/mol. The monoisotopic (exact) mass is 334 g/mol. The van der Waals surface area contributed by atoms with Gasteiger partial charge in [0.1, 0.15) is 12.2 Å². The van der Waals surface area contributed by atoms with Gasteiger partial charge >= 0.3 is 0 Å². The van der Waals surface area contributed by atoms with Crippen LogP contribution in [0.1, 0.15) is 22.4 Å². The smallest absolute Gasteiger partial charge is 0.255 e. The van der Waals surface area contributed by atoms with Crippen molar-refractivity contribution in [2.75, 3.05) is 6.54 Å². The van der Waals surface area contributed by atoms with Gasteiger partial charge in [0, 0.05) is 50.8 Å². The molecular formula is C18H18N6O. The van der Waals surface area contributed by atoms with Crippen molar-refractivity contribution in [1.29, 1.82) is 0 Å². The second-order valence-corrected chi connectivity index (χ2v) is 6.30.